The maximum absolute atomic E-state index is 11.1. The molecule has 0 aromatic heterocycles. The number of anilines is 2. The van der Waals surface area contributed by atoms with Gasteiger partial charge in [-0.15, -0.1) is 0 Å². The molecule has 4 N–H and O–H groups in total. The summed E-state index contributed by atoms with van der Waals surface area (Å²) >= 11 is 0. The van der Waals surface area contributed by atoms with E-state index in [0.29, 0.717) is 178 Å². The Hall–Kier alpha value is -14.4. The molecule has 28 heteroatoms. The minimum atomic E-state index is 0.187. The summed E-state index contributed by atoms with van der Waals surface area (Å²) in [7, 11) is 20.7. The molecule has 0 saturated carbocycles. The average molecular weight is 1890 g/mol. The molecule has 0 amide bonds. The number of benzene rings is 11. The monoisotopic (exact) mass is 1890 g/mol. The van der Waals surface area contributed by atoms with Crippen LogP contribution in [0, 0.1) is 0 Å². The Morgan fingerprint density at radius 3 is 0.791 bits per heavy atom. The summed E-state index contributed by atoms with van der Waals surface area (Å²) in [5.41, 5.74) is 30.0. The normalized spacial score (nSPS) is 12.5. The zero-order valence-electron chi connectivity index (χ0n) is 81.2. The van der Waals surface area contributed by atoms with Gasteiger partial charge in [-0.2, -0.15) is 0 Å². The molecule has 28 nitrogen and oxygen atoms in total. The van der Waals surface area contributed by atoms with Crippen molar-refractivity contribution in [2.45, 2.75) is 57.8 Å². The number of aliphatic imine (C=N–C) groups is 4. The lowest BCUT2D eigenvalue weighted by Crippen LogP contribution is -2.15. The van der Waals surface area contributed by atoms with Gasteiger partial charge in [-0.05, 0) is 307 Å². The molecule has 0 saturated heterocycles. The van der Waals surface area contributed by atoms with Crippen LogP contribution in [0.25, 0.3) is 0 Å². The van der Waals surface area contributed by atoms with Gasteiger partial charge in [0.05, 0.1) is 101 Å². The fourth-order valence-corrected chi connectivity index (χ4v) is 15.5. The van der Waals surface area contributed by atoms with E-state index in [1.54, 1.807) is 48.5 Å². The van der Waals surface area contributed by atoms with Crippen LogP contribution in [0.1, 0.15) is 118 Å². The summed E-state index contributed by atoms with van der Waals surface area (Å²) in [6, 6.07) is 66.6. The SMILES string of the molecule is CN(C)CCCOc1ccc(N)c(N)c1.CN(C)CCCOc1ccc2c(c1)CC(c1ccc(C3=Nc4ccc(OCCCN(C)C)cc4C3)c(OCCOc3ccc(OCCOc4cc(C5=Nc6ccc(OCCCN(C)C)cc6C5)ccc4C4=Nc5ccc(OCCCN(C)C)cc5C4)cc3)c1)=N2.O=Cc1ccc(C=O)c(OCCOc2ccc(OCCOc3cc(C=O)ccc3C=O)cc2)c1. The van der Waals surface area contributed by atoms with Crippen LogP contribution in [-0.2, 0) is 25.7 Å². The van der Waals surface area contributed by atoms with Crippen LogP contribution in [0.5, 0.6) is 74.7 Å². The number of nitrogens with two attached hydrogens (primary N) is 2. The number of aldehydes is 4. The Kier molecular flexibility index (Phi) is 38.3. The smallest absolute Gasteiger partial charge is 0.153 e. The van der Waals surface area contributed by atoms with Crippen molar-refractivity contribution in [3.63, 3.8) is 0 Å². The number of hydrogen-bond acceptors (Lipinski definition) is 28. The van der Waals surface area contributed by atoms with Crippen LogP contribution in [0.15, 0.2) is 232 Å². The highest BCUT2D eigenvalue weighted by Gasteiger charge is 2.27. The van der Waals surface area contributed by atoms with E-state index < -0.39 is 0 Å². The molecule has 11 aromatic rings. The number of nitrogens with zero attached hydrogens (tertiary/aromatic N) is 9. The number of ether oxygens (including phenoxy) is 13. The minimum absolute atomic E-state index is 0.187. The molecule has 139 heavy (non-hydrogen) atoms. The third-order valence-corrected chi connectivity index (χ3v) is 22.7. The van der Waals surface area contributed by atoms with Gasteiger partial charge < -0.3 is 97.5 Å². The number of carbonyl (C=O) groups is 4. The summed E-state index contributed by atoms with van der Waals surface area (Å²) in [5, 5.41) is 0. The topological polar surface area (TPSA) is 306 Å². The maximum Gasteiger partial charge on any atom is 0.153 e. The molecule has 15 rings (SSSR count). The van der Waals surface area contributed by atoms with Gasteiger partial charge in [-0.25, -0.2) is 0 Å². The molecule has 0 aliphatic carbocycles. The Morgan fingerprint density at radius 1 is 0.245 bits per heavy atom. The van der Waals surface area contributed by atoms with E-state index in [1.807, 2.05) is 68.7 Å². The van der Waals surface area contributed by atoms with Crippen molar-refractivity contribution in [3.05, 3.63) is 279 Å². The van der Waals surface area contributed by atoms with Crippen LogP contribution < -0.4 is 73.0 Å². The summed E-state index contributed by atoms with van der Waals surface area (Å²) in [5.74, 6) is 8.96. The molecule has 0 atom stereocenters. The predicted molar refractivity (Wildman–Crippen MR) is 548 cm³/mol. The van der Waals surface area contributed by atoms with E-state index in [4.69, 9.17) is 93.0 Å². The lowest BCUT2D eigenvalue weighted by atomic mass is 9.98. The van der Waals surface area contributed by atoms with Crippen molar-refractivity contribution < 1.29 is 80.8 Å². The Labute approximate surface area is 815 Å². The average Bonchev–Trinajstić information content (AvgIpc) is 1.63. The highest BCUT2D eigenvalue weighted by atomic mass is 16.5. The highest BCUT2D eigenvalue weighted by molar-refractivity contribution is 6.13. The van der Waals surface area contributed by atoms with E-state index >= 15 is 0 Å². The lowest BCUT2D eigenvalue weighted by molar-refractivity contribution is 0.110. The third-order valence-electron chi connectivity index (χ3n) is 22.7. The molecule has 11 aromatic carbocycles. The van der Waals surface area contributed by atoms with Crippen molar-refractivity contribution in [2.75, 3.05) is 201 Å². The summed E-state index contributed by atoms with van der Waals surface area (Å²) < 4.78 is 78.3. The van der Waals surface area contributed by atoms with E-state index in [0.717, 1.165) is 195 Å². The van der Waals surface area contributed by atoms with Gasteiger partial charge in [-0.1, -0.05) is 24.3 Å². The molecular formula is C111H127N11O17. The van der Waals surface area contributed by atoms with E-state index in [2.05, 4.69) is 166 Å². The van der Waals surface area contributed by atoms with Crippen molar-refractivity contribution in [3.8, 4) is 74.7 Å². The van der Waals surface area contributed by atoms with Crippen LogP contribution in [0.4, 0.5) is 34.1 Å². The minimum Gasteiger partial charge on any atom is -0.494 e. The largest absolute Gasteiger partial charge is 0.494 e. The lowest BCUT2D eigenvalue weighted by Gasteiger charge is -2.15. The standard InChI is InChI=1S/C74H86N8O8.C26H22O8.C11H19N3O/c1-79(2)29-9-33-83-59-19-25-65-53(41-59)45-69(75-65)51-13-23-63(71-47-55-43-61(21-27-67(55)77-71)85-35-11-31-81(5)6)73(49-51)89-39-37-87-57-15-17-58(18-16-57)88-38-40-90-74-50-52(70-46-54-42-60(20-26-66(54)76-70)84-34-10-30-80(3)4)14-24-64(74)72-48-56-44-62(22-28-68(56)78-72)86-36-12-32-82(7)8;27-15-19-1-3-21(17-29)25(13-19)33-11-9-31-23-5-7-24(8-6-23)32-10-12-34-26-14-20(16-28)2-4-22(26)18-30;1-14(2)6-3-7-15-9-4-5-10(12)11(13)8-9/h13-28,41-44,49-50H,9-12,29-40,45-48H2,1-8H3;1-8,13-18H,9-12H2;4-5,8H,3,6-7,12-13H2,1-2H3. The van der Waals surface area contributed by atoms with Gasteiger partial charge in [0.25, 0.3) is 0 Å². The highest BCUT2D eigenvalue weighted by Crippen LogP contribution is 2.41. The summed E-state index contributed by atoms with van der Waals surface area (Å²) in [6.45, 7) is 10.3. The van der Waals surface area contributed by atoms with Gasteiger partial charge in [-0.3, -0.25) is 39.1 Å². The van der Waals surface area contributed by atoms with Gasteiger partial charge in [0.1, 0.15) is 140 Å². The molecule has 0 spiro atoms. The summed E-state index contributed by atoms with van der Waals surface area (Å²) in [4.78, 5) is 75.2. The summed E-state index contributed by atoms with van der Waals surface area (Å²) in [6.07, 6.45) is 10.2. The first kappa shape index (κ1) is 102. The maximum atomic E-state index is 11.1. The number of carbonyl (C=O) groups excluding carboxylic acids is 4. The van der Waals surface area contributed by atoms with Crippen LogP contribution >= 0.6 is 0 Å². The fraction of sp³-hybridized carbons (Fsp3) is 0.333. The number of hydrogen-bond donors (Lipinski definition) is 2. The first-order valence-corrected chi connectivity index (χ1v) is 47.0. The van der Waals surface area contributed by atoms with Gasteiger partial charge >= 0.3 is 0 Å². The quantitative estimate of drug-likeness (QED) is 0.0203. The molecular weight excluding hydrogens is 1760 g/mol. The second-order valence-corrected chi connectivity index (χ2v) is 35.1. The molecule has 0 radical (unpaired) electrons. The van der Waals surface area contributed by atoms with E-state index in [1.165, 1.54) is 24.3 Å². The Bertz CT molecular complexity index is 5740. The van der Waals surface area contributed by atoms with Crippen molar-refractivity contribution in [2.24, 2.45) is 20.0 Å². The van der Waals surface area contributed by atoms with Crippen LogP contribution in [-0.4, -0.2) is 262 Å². The van der Waals surface area contributed by atoms with E-state index in [-0.39, 0.29) is 26.4 Å². The Morgan fingerprint density at radius 2 is 0.504 bits per heavy atom. The van der Waals surface area contributed by atoms with Crippen molar-refractivity contribution in [1.29, 1.82) is 0 Å². The molecule has 4 aliphatic rings. The number of fused-ring (bicyclic) bond motifs is 4. The molecule has 0 fully saturated rings. The van der Waals surface area contributed by atoms with Crippen molar-refractivity contribution >= 4 is 82.1 Å². The molecule has 728 valence electrons. The second-order valence-electron chi connectivity index (χ2n) is 35.1. The number of nitrogen functional groups attached to an aromatic ring is 2. The molecule has 0 unspecified atom stereocenters. The van der Waals surface area contributed by atoms with Gasteiger partial charge in [0.15, 0.2) is 12.6 Å². The molecule has 4 heterocycles. The number of rotatable bonds is 53. The van der Waals surface area contributed by atoms with Gasteiger partial charge in [0, 0.05) is 97.9 Å². The third kappa shape index (κ3) is 31.3. The zero-order chi connectivity index (χ0) is 97.8. The second kappa shape index (κ2) is 52.2. The van der Waals surface area contributed by atoms with Gasteiger partial charge in [0.2, 0.25) is 0 Å². The molecule has 0 bridgehead atoms. The van der Waals surface area contributed by atoms with E-state index in [9.17, 15) is 19.2 Å². The predicted octanol–water partition coefficient (Wildman–Crippen LogP) is 17.7. The van der Waals surface area contributed by atoms with Crippen molar-refractivity contribution in [1.82, 2.24) is 24.5 Å². The fourth-order valence-electron chi connectivity index (χ4n) is 15.5. The molecule has 4 aliphatic heterocycles. The first-order valence-electron chi connectivity index (χ1n) is 47.0. The Balaban J connectivity index is 0.000000270. The van der Waals surface area contributed by atoms with Crippen LogP contribution in [0.2, 0.25) is 0 Å². The van der Waals surface area contributed by atoms with Crippen LogP contribution in [0.3, 0.4) is 0 Å². The first-order chi connectivity index (χ1) is 67.6. The zero-order valence-corrected chi connectivity index (χ0v) is 81.2.